The predicted octanol–water partition coefficient (Wildman–Crippen LogP) is 0.370. The third kappa shape index (κ3) is 4.37. The summed E-state index contributed by atoms with van der Waals surface area (Å²) in [4.78, 5) is 0. The van der Waals surface area contributed by atoms with E-state index in [1.54, 1.807) is 0 Å². The molecule has 0 aliphatic heterocycles. The maximum absolute atomic E-state index is 8.58. The van der Waals surface area contributed by atoms with Crippen LogP contribution in [-0.4, -0.2) is 24.3 Å². The molecule has 10 heavy (non-hydrogen) atoms. The Morgan fingerprint density at radius 3 is 2.80 bits per heavy atom. The summed E-state index contributed by atoms with van der Waals surface area (Å²) in [5.74, 6) is 2.50. The van der Waals surface area contributed by atoms with Gasteiger partial charge in [0.1, 0.15) is 0 Å². The van der Waals surface area contributed by atoms with Gasteiger partial charge in [-0.2, -0.15) is 0 Å². The molecule has 0 heterocycles. The molecule has 0 aromatic carbocycles. The first-order chi connectivity index (χ1) is 4.85. The molecule has 0 saturated heterocycles. The van der Waals surface area contributed by atoms with Crippen LogP contribution in [0.5, 0.6) is 0 Å². The Morgan fingerprint density at radius 1 is 1.70 bits per heavy atom. The number of aliphatic hydroxyl groups is 1. The van der Waals surface area contributed by atoms with Crippen LogP contribution in [0.1, 0.15) is 19.8 Å². The van der Waals surface area contributed by atoms with Crippen LogP contribution in [0.15, 0.2) is 0 Å². The molecule has 0 aliphatic rings. The van der Waals surface area contributed by atoms with E-state index in [0.717, 1.165) is 12.8 Å². The highest BCUT2D eigenvalue weighted by Gasteiger charge is 2.01. The summed E-state index contributed by atoms with van der Waals surface area (Å²) in [5, 5.41) is 11.7. The molecule has 0 fully saturated rings. The minimum absolute atomic E-state index is 0.232. The second-order valence-corrected chi connectivity index (χ2v) is 2.20. The topological polar surface area (TPSA) is 32.3 Å². The molecule has 0 amide bonds. The molecule has 1 atom stereocenters. The SMILES string of the molecule is C#CCNC(CC)CCO. The van der Waals surface area contributed by atoms with Crippen molar-refractivity contribution >= 4 is 0 Å². The molecule has 0 rings (SSSR count). The molecule has 2 N–H and O–H groups in total. The van der Waals surface area contributed by atoms with Crippen molar-refractivity contribution in [1.29, 1.82) is 0 Å². The molecule has 1 unspecified atom stereocenters. The van der Waals surface area contributed by atoms with Gasteiger partial charge in [0.15, 0.2) is 0 Å². The number of hydrogen-bond acceptors (Lipinski definition) is 2. The van der Waals surface area contributed by atoms with Crippen LogP contribution in [0.3, 0.4) is 0 Å². The molecule has 0 aromatic rings. The molecular weight excluding hydrogens is 126 g/mol. The number of nitrogens with one attached hydrogen (secondary N) is 1. The Hall–Kier alpha value is -0.520. The quantitative estimate of drug-likeness (QED) is 0.542. The largest absolute Gasteiger partial charge is 0.396 e. The second-order valence-electron chi connectivity index (χ2n) is 2.20. The van der Waals surface area contributed by atoms with Gasteiger partial charge in [-0.15, -0.1) is 6.42 Å². The van der Waals surface area contributed by atoms with Crippen molar-refractivity contribution in [3.8, 4) is 12.3 Å². The smallest absolute Gasteiger partial charge is 0.0575 e. The first-order valence-electron chi connectivity index (χ1n) is 3.62. The lowest BCUT2D eigenvalue weighted by Crippen LogP contribution is -2.29. The average molecular weight is 141 g/mol. The zero-order valence-corrected chi connectivity index (χ0v) is 6.43. The van der Waals surface area contributed by atoms with Crippen molar-refractivity contribution in [2.75, 3.05) is 13.2 Å². The molecule has 0 aromatic heterocycles. The number of terminal acetylenes is 1. The van der Waals surface area contributed by atoms with Gasteiger partial charge in [-0.25, -0.2) is 0 Å². The number of rotatable bonds is 5. The third-order valence-electron chi connectivity index (χ3n) is 1.46. The number of aliphatic hydroxyl groups excluding tert-OH is 1. The Kier molecular flexibility index (Phi) is 6.25. The van der Waals surface area contributed by atoms with E-state index < -0.39 is 0 Å². The van der Waals surface area contributed by atoms with E-state index in [1.807, 2.05) is 0 Å². The van der Waals surface area contributed by atoms with Crippen LogP contribution in [0, 0.1) is 12.3 Å². The van der Waals surface area contributed by atoms with Gasteiger partial charge >= 0.3 is 0 Å². The van der Waals surface area contributed by atoms with Crippen molar-refractivity contribution in [2.45, 2.75) is 25.8 Å². The number of hydrogen-bond donors (Lipinski definition) is 2. The van der Waals surface area contributed by atoms with Crippen molar-refractivity contribution in [2.24, 2.45) is 0 Å². The zero-order valence-electron chi connectivity index (χ0n) is 6.43. The van der Waals surface area contributed by atoms with Crippen LogP contribution in [-0.2, 0) is 0 Å². The lowest BCUT2D eigenvalue weighted by molar-refractivity contribution is 0.264. The van der Waals surface area contributed by atoms with Crippen molar-refractivity contribution < 1.29 is 5.11 Å². The van der Waals surface area contributed by atoms with E-state index >= 15 is 0 Å². The fourth-order valence-electron chi connectivity index (χ4n) is 0.810. The summed E-state index contributed by atoms with van der Waals surface area (Å²) in [6, 6.07) is 0.376. The van der Waals surface area contributed by atoms with E-state index in [0.29, 0.717) is 12.6 Å². The molecule has 0 spiro atoms. The van der Waals surface area contributed by atoms with Gasteiger partial charge in [-0.3, -0.25) is 0 Å². The summed E-state index contributed by atoms with van der Waals surface area (Å²) in [6.45, 7) is 2.90. The zero-order chi connectivity index (χ0) is 7.82. The van der Waals surface area contributed by atoms with Crippen molar-refractivity contribution in [1.82, 2.24) is 5.32 Å². The van der Waals surface area contributed by atoms with Gasteiger partial charge in [0, 0.05) is 12.6 Å². The van der Waals surface area contributed by atoms with Gasteiger partial charge in [0.2, 0.25) is 0 Å². The fourth-order valence-corrected chi connectivity index (χ4v) is 0.810. The second kappa shape index (κ2) is 6.60. The fraction of sp³-hybridized carbons (Fsp3) is 0.750. The maximum Gasteiger partial charge on any atom is 0.0575 e. The summed E-state index contributed by atoms with van der Waals surface area (Å²) < 4.78 is 0. The van der Waals surface area contributed by atoms with E-state index in [-0.39, 0.29) is 6.61 Å². The lowest BCUT2D eigenvalue weighted by atomic mass is 10.1. The molecule has 2 nitrogen and oxygen atoms in total. The van der Waals surface area contributed by atoms with Gasteiger partial charge in [-0.05, 0) is 12.8 Å². The van der Waals surface area contributed by atoms with Crippen molar-refractivity contribution in [3.63, 3.8) is 0 Å². The minimum atomic E-state index is 0.232. The highest BCUT2D eigenvalue weighted by molar-refractivity contribution is 4.87. The molecule has 58 valence electrons. The van der Waals surface area contributed by atoms with Gasteiger partial charge in [-0.1, -0.05) is 12.8 Å². The standard InChI is InChI=1S/C8H15NO/c1-3-6-9-8(4-2)5-7-10/h1,8-10H,4-7H2,2H3. The Balaban J connectivity index is 3.32. The van der Waals surface area contributed by atoms with E-state index in [9.17, 15) is 0 Å². The van der Waals surface area contributed by atoms with Crippen LogP contribution in [0.2, 0.25) is 0 Å². The Bertz CT molecular complexity index is 106. The van der Waals surface area contributed by atoms with Crippen molar-refractivity contribution in [3.05, 3.63) is 0 Å². The first-order valence-corrected chi connectivity index (χ1v) is 3.62. The van der Waals surface area contributed by atoms with Crippen LogP contribution >= 0.6 is 0 Å². The van der Waals surface area contributed by atoms with E-state index in [4.69, 9.17) is 11.5 Å². The van der Waals surface area contributed by atoms with E-state index in [1.165, 1.54) is 0 Å². The molecule has 0 radical (unpaired) electrons. The summed E-state index contributed by atoms with van der Waals surface area (Å²) in [5.41, 5.74) is 0. The molecule has 0 saturated carbocycles. The average Bonchev–Trinajstić information content (AvgIpc) is 1.98. The summed E-state index contributed by atoms with van der Waals surface area (Å²) in [7, 11) is 0. The highest BCUT2D eigenvalue weighted by atomic mass is 16.3. The van der Waals surface area contributed by atoms with Crippen LogP contribution in [0.25, 0.3) is 0 Å². The highest BCUT2D eigenvalue weighted by Crippen LogP contribution is 1.94. The maximum atomic E-state index is 8.58. The normalized spacial score (nSPS) is 12.5. The third-order valence-corrected chi connectivity index (χ3v) is 1.46. The van der Waals surface area contributed by atoms with Gasteiger partial charge in [0.25, 0.3) is 0 Å². The van der Waals surface area contributed by atoms with Gasteiger partial charge < -0.3 is 10.4 Å². The van der Waals surface area contributed by atoms with Gasteiger partial charge in [0.05, 0.1) is 6.54 Å². The molecule has 0 bridgehead atoms. The summed E-state index contributed by atoms with van der Waals surface area (Å²) >= 11 is 0. The monoisotopic (exact) mass is 141 g/mol. The lowest BCUT2D eigenvalue weighted by Gasteiger charge is -2.12. The molecule has 0 aliphatic carbocycles. The first kappa shape index (κ1) is 9.48. The van der Waals surface area contributed by atoms with Crippen LogP contribution < -0.4 is 5.32 Å². The Labute approximate surface area is 62.6 Å². The Morgan fingerprint density at radius 2 is 2.40 bits per heavy atom. The predicted molar refractivity (Wildman–Crippen MR) is 42.6 cm³/mol. The molecular formula is C8H15NO. The summed E-state index contributed by atoms with van der Waals surface area (Å²) in [6.07, 6.45) is 6.86. The van der Waals surface area contributed by atoms with E-state index in [2.05, 4.69) is 18.2 Å². The van der Waals surface area contributed by atoms with Crippen LogP contribution in [0.4, 0.5) is 0 Å². The molecule has 2 heteroatoms. The minimum Gasteiger partial charge on any atom is -0.396 e.